The predicted octanol–water partition coefficient (Wildman–Crippen LogP) is 6.73. The van der Waals surface area contributed by atoms with Gasteiger partial charge in [-0.15, -0.1) is 0 Å². The van der Waals surface area contributed by atoms with Crippen LogP contribution in [0.4, 0.5) is 0 Å². The van der Waals surface area contributed by atoms with E-state index in [2.05, 4.69) is 115 Å². The highest BCUT2D eigenvalue weighted by molar-refractivity contribution is 6.99. The van der Waals surface area contributed by atoms with Gasteiger partial charge in [-0.1, -0.05) is 86.1 Å². The topological polar surface area (TPSA) is 14.2 Å². The SMILES string of the molecule is CCCCc1cc2c(c(-c3ccccc3)c1)Oc1ccc3c4ccccc4n4c3c1B2c1ccccc1-4. The maximum atomic E-state index is 6.89. The van der Waals surface area contributed by atoms with Crippen molar-refractivity contribution >= 4 is 44.9 Å². The van der Waals surface area contributed by atoms with Gasteiger partial charge in [0, 0.05) is 22.0 Å². The zero-order valence-electron chi connectivity index (χ0n) is 20.9. The molecule has 0 aliphatic carbocycles. The second-order valence-electron chi connectivity index (χ2n) is 10.4. The number of fused-ring (bicyclic) bond motifs is 8. The Bertz CT molecular complexity index is 1850. The highest BCUT2D eigenvalue weighted by Crippen LogP contribution is 2.41. The minimum absolute atomic E-state index is 0.138. The number of unbranched alkanes of at least 4 members (excludes halogenated alkanes) is 1. The van der Waals surface area contributed by atoms with Crippen molar-refractivity contribution in [2.75, 3.05) is 0 Å². The van der Waals surface area contributed by atoms with Crippen LogP contribution in [-0.4, -0.2) is 11.3 Å². The van der Waals surface area contributed by atoms with Gasteiger partial charge in [-0.05, 0) is 70.7 Å². The van der Waals surface area contributed by atoms with Crippen LogP contribution in [0, 0.1) is 0 Å². The smallest absolute Gasteiger partial charge is 0.256 e. The molecule has 0 saturated carbocycles. The molecular formula is C34H26BNO. The number of ether oxygens (including phenoxy) is 1. The third kappa shape index (κ3) is 2.89. The van der Waals surface area contributed by atoms with E-state index in [0.717, 1.165) is 17.9 Å². The maximum Gasteiger partial charge on any atom is 0.256 e. The first-order chi connectivity index (χ1) is 18.3. The fourth-order valence-electron chi connectivity index (χ4n) is 6.61. The van der Waals surface area contributed by atoms with Crippen molar-refractivity contribution in [3.05, 3.63) is 109 Å². The standard InChI is InChI=1S/C34H26BNO/c1-2-3-11-22-20-26(23-12-5-4-6-13-23)34-28(21-22)35-27-15-8-10-17-30(27)36-29-16-9-7-14-24(29)25-18-19-31(37-34)32(35)33(25)36/h4-10,12-21H,2-3,11H2,1H3. The Morgan fingerprint density at radius 1 is 0.757 bits per heavy atom. The molecule has 37 heavy (non-hydrogen) atoms. The largest absolute Gasteiger partial charge is 0.458 e. The molecule has 0 bridgehead atoms. The van der Waals surface area contributed by atoms with Gasteiger partial charge in [0.25, 0.3) is 6.71 Å². The van der Waals surface area contributed by atoms with Crippen LogP contribution in [0.25, 0.3) is 38.6 Å². The molecule has 8 rings (SSSR count). The first-order valence-electron chi connectivity index (χ1n) is 13.4. The predicted molar refractivity (Wildman–Crippen MR) is 156 cm³/mol. The molecule has 0 N–H and O–H groups in total. The van der Waals surface area contributed by atoms with Gasteiger partial charge in [-0.2, -0.15) is 0 Å². The summed E-state index contributed by atoms with van der Waals surface area (Å²) in [6, 6.07) is 37.7. The number of aryl methyl sites for hydroxylation is 1. The second-order valence-corrected chi connectivity index (χ2v) is 10.4. The lowest BCUT2D eigenvalue weighted by Gasteiger charge is -2.34. The fraction of sp³-hybridized carbons (Fsp3) is 0.118. The Kier molecular flexibility index (Phi) is 4.45. The third-order valence-electron chi connectivity index (χ3n) is 8.22. The van der Waals surface area contributed by atoms with Crippen molar-refractivity contribution in [1.82, 2.24) is 4.57 Å². The van der Waals surface area contributed by atoms with Crippen molar-refractivity contribution in [2.45, 2.75) is 26.2 Å². The van der Waals surface area contributed by atoms with E-state index in [0.29, 0.717) is 0 Å². The summed E-state index contributed by atoms with van der Waals surface area (Å²) in [5.41, 5.74) is 11.5. The van der Waals surface area contributed by atoms with Gasteiger partial charge in [-0.25, -0.2) is 0 Å². The molecule has 1 aromatic heterocycles. The maximum absolute atomic E-state index is 6.89. The Balaban J connectivity index is 1.49. The van der Waals surface area contributed by atoms with E-state index >= 15 is 0 Å². The van der Waals surface area contributed by atoms with Crippen LogP contribution < -0.4 is 21.1 Å². The Labute approximate surface area is 217 Å². The molecule has 2 aliphatic rings. The minimum atomic E-state index is 0.138. The van der Waals surface area contributed by atoms with Crippen LogP contribution in [0.5, 0.6) is 11.5 Å². The van der Waals surface area contributed by atoms with Gasteiger partial charge < -0.3 is 9.30 Å². The Morgan fingerprint density at radius 2 is 1.57 bits per heavy atom. The lowest BCUT2D eigenvalue weighted by atomic mass is 9.34. The van der Waals surface area contributed by atoms with Gasteiger partial charge in [0.2, 0.25) is 0 Å². The van der Waals surface area contributed by atoms with E-state index in [1.807, 2.05) is 0 Å². The molecule has 0 atom stereocenters. The van der Waals surface area contributed by atoms with Crippen molar-refractivity contribution in [3.8, 4) is 28.3 Å². The number of hydrogen-bond acceptors (Lipinski definition) is 1. The molecule has 3 heteroatoms. The van der Waals surface area contributed by atoms with Crippen LogP contribution in [0.3, 0.4) is 0 Å². The molecule has 2 aliphatic heterocycles. The highest BCUT2D eigenvalue weighted by Gasteiger charge is 2.41. The van der Waals surface area contributed by atoms with E-state index < -0.39 is 0 Å². The quantitative estimate of drug-likeness (QED) is 0.258. The molecule has 3 heterocycles. The molecule has 0 saturated heterocycles. The Morgan fingerprint density at radius 3 is 2.46 bits per heavy atom. The number of para-hydroxylation sites is 2. The molecule has 176 valence electrons. The monoisotopic (exact) mass is 475 g/mol. The van der Waals surface area contributed by atoms with Crippen molar-refractivity contribution in [3.63, 3.8) is 0 Å². The van der Waals surface area contributed by atoms with Crippen LogP contribution in [0.15, 0.2) is 103 Å². The molecule has 0 amide bonds. The molecule has 2 nitrogen and oxygen atoms in total. The average Bonchev–Trinajstić information content (AvgIpc) is 3.30. The van der Waals surface area contributed by atoms with Crippen molar-refractivity contribution < 1.29 is 4.74 Å². The second kappa shape index (κ2) is 7.88. The summed E-state index contributed by atoms with van der Waals surface area (Å²) in [5.74, 6) is 1.98. The van der Waals surface area contributed by atoms with Crippen LogP contribution in [0.1, 0.15) is 25.3 Å². The van der Waals surface area contributed by atoms with Crippen LogP contribution in [-0.2, 0) is 6.42 Å². The first-order valence-corrected chi connectivity index (χ1v) is 13.4. The van der Waals surface area contributed by atoms with E-state index in [1.165, 1.54) is 73.4 Å². The van der Waals surface area contributed by atoms with Gasteiger partial charge in [0.1, 0.15) is 11.5 Å². The fourth-order valence-corrected chi connectivity index (χ4v) is 6.61. The number of benzene rings is 5. The zero-order chi connectivity index (χ0) is 24.5. The van der Waals surface area contributed by atoms with Gasteiger partial charge in [0.15, 0.2) is 0 Å². The lowest BCUT2D eigenvalue weighted by Crippen LogP contribution is -2.58. The first kappa shape index (κ1) is 20.9. The van der Waals surface area contributed by atoms with E-state index in [1.54, 1.807) is 0 Å². The molecule has 5 aromatic carbocycles. The zero-order valence-corrected chi connectivity index (χ0v) is 20.9. The molecule has 0 spiro atoms. The number of hydrogen-bond donors (Lipinski definition) is 0. The normalized spacial score (nSPS) is 12.9. The highest BCUT2D eigenvalue weighted by atomic mass is 16.5. The summed E-state index contributed by atoms with van der Waals surface area (Å²) in [6.45, 7) is 2.41. The molecule has 0 radical (unpaired) electrons. The van der Waals surface area contributed by atoms with E-state index in [4.69, 9.17) is 4.74 Å². The average molecular weight is 475 g/mol. The van der Waals surface area contributed by atoms with E-state index in [9.17, 15) is 0 Å². The summed E-state index contributed by atoms with van der Waals surface area (Å²) in [4.78, 5) is 0. The molecule has 6 aromatic rings. The van der Waals surface area contributed by atoms with Crippen LogP contribution in [0.2, 0.25) is 0 Å². The summed E-state index contributed by atoms with van der Waals surface area (Å²) in [7, 11) is 0. The number of nitrogens with zero attached hydrogens (tertiary/aromatic N) is 1. The molecule has 0 fully saturated rings. The van der Waals surface area contributed by atoms with Crippen molar-refractivity contribution in [1.29, 1.82) is 0 Å². The van der Waals surface area contributed by atoms with Gasteiger partial charge >= 0.3 is 0 Å². The summed E-state index contributed by atoms with van der Waals surface area (Å²) in [6.07, 6.45) is 3.45. The van der Waals surface area contributed by atoms with Crippen LogP contribution >= 0.6 is 0 Å². The number of rotatable bonds is 4. The summed E-state index contributed by atoms with van der Waals surface area (Å²) >= 11 is 0. The van der Waals surface area contributed by atoms with Gasteiger partial charge in [0.05, 0.1) is 11.0 Å². The lowest BCUT2D eigenvalue weighted by molar-refractivity contribution is 0.489. The summed E-state index contributed by atoms with van der Waals surface area (Å²) < 4.78 is 9.35. The summed E-state index contributed by atoms with van der Waals surface area (Å²) in [5, 5.41) is 2.59. The number of aromatic nitrogens is 1. The Hall–Kier alpha value is -4.24. The van der Waals surface area contributed by atoms with Gasteiger partial charge in [-0.3, -0.25) is 0 Å². The van der Waals surface area contributed by atoms with E-state index in [-0.39, 0.29) is 6.71 Å². The molecular weight excluding hydrogens is 449 g/mol. The third-order valence-corrected chi connectivity index (χ3v) is 8.22. The minimum Gasteiger partial charge on any atom is -0.458 e. The molecule has 0 unspecified atom stereocenters. The van der Waals surface area contributed by atoms with Crippen molar-refractivity contribution in [2.24, 2.45) is 0 Å².